The number of hydrogen-bond donors (Lipinski definition) is 1. The molecular weight excluding hydrogens is 192 g/mol. The quantitative estimate of drug-likeness (QED) is 0.686. The molecule has 1 aliphatic rings. The second-order valence-corrected chi connectivity index (χ2v) is 3.76. The van der Waals surface area contributed by atoms with Crippen LogP contribution in [0.4, 0.5) is 5.69 Å². The number of aryl methyl sites for hydroxylation is 1. The molecule has 0 saturated heterocycles. The van der Waals surface area contributed by atoms with Crippen LogP contribution in [0.1, 0.15) is 15.9 Å². The Kier molecular flexibility index (Phi) is 2.19. The Morgan fingerprint density at radius 1 is 1.33 bits per heavy atom. The van der Waals surface area contributed by atoms with Gasteiger partial charge in [-0.1, -0.05) is 11.6 Å². The van der Waals surface area contributed by atoms with E-state index in [1.165, 1.54) is 4.90 Å². The van der Waals surface area contributed by atoms with E-state index in [4.69, 9.17) is 0 Å². The first-order valence-corrected chi connectivity index (χ1v) is 4.74. The fraction of sp³-hybridized carbons (Fsp3) is 0.273. The molecule has 1 aliphatic heterocycles. The van der Waals surface area contributed by atoms with Crippen LogP contribution in [0.3, 0.4) is 0 Å². The minimum Gasteiger partial charge on any atom is -0.332 e. The van der Waals surface area contributed by atoms with E-state index in [-0.39, 0.29) is 18.4 Å². The summed E-state index contributed by atoms with van der Waals surface area (Å²) in [5, 5.41) is 2.71. The van der Waals surface area contributed by atoms with Crippen molar-refractivity contribution < 1.29 is 9.59 Å². The Balaban J connectivity index is 2.55. The van der Waals surface area contributed by atoms with Gasteiger partial charge in [0.15, 0.2) is 0 Å². The maximum absolute atomic E-state index is 11.9. The van der Waals surface area contributed by atoms with Gasteiger partial charge in [0.25, 0.3) is 5.91 Å². The molecule has 0 bridgehead atoms. The molecule has 15 heavy (non-hydrogen) atoms. The van der Waals surface area contributed by atoms with E-state index in [0.29, 0.717) is 11.3 Å². The zero-order chi connectivity index (χ0) is 11.0. The third-order valence-electron chi connectivity index (χ3n) is 2.41. The largest absolute Gasteiger partial charge is 0.332 e. The number of carbonyl (C=O) groups excluding carboxylic acids is 2. The third-order valence-corrected chi connectivity index (χ3v) is 2.41. The molecule has 1 aromatic carbocycles. The van der Waals surface area contributed by atoms with Crippen LogP contribution < -0.4 is 5.32 Å². The van der Waals surface area contributed by atoms with Crippen molar-refractivity contribution in [3.05, 3.63) is 29.3 Å². The molecule has 1 aromatic rings. The van der Waals surface area contributed by atoms with Gasteiger partial charge in [-0.2, -0.15) is 0 Å². The van der Waals surface area contributed by atoms with Crippen LogP contribution in [0.25, 0.3) is 0 Å². The van der Waals surface area contributed by atoms with Crippen LogP contribution in [0.5, 0.6) is 0 Å². The van der Waals surface area contributed by atoms with Gasteiger partial charge in [-0.3, -0.25) is 9.59 Å². The van der Waals surface area contributed by atoms with Crippen molar-refractivity contribution in [3.63, 3.8) is 0 Å². The molecule has 2 amide bonds. The molecule has 0 fully saturated rings. The summed E-state index contributed by atoms with van der Waals surface area (Å²) in [5.41, 5.74) is 2.16. The van der Waals surface area contributed by atoms with Crippen molar-refractivity contribution in [3.8, 4) is 0 Å². The van der Waals surface area contributed by atoms with E-state index in [2.05, 4.69) is 5.32 Å². The minimum atomic E-state index is -0.159. The molecule has 78 valence electrons. The Hall–Kier alpha value is -1.84. The number of amides is 2. The number of hydrogen-bond acceptors (Lipinski definition) is 2. The molecular formula is C11H12N2O2. The summed E-state index contributed by atoms with van der Waals surface area (Å²) in [6.45, 7) is 2.02. The molecule has 2 rings (SSSR count). The van der Waals surface area contributed by atoms with Gasteiger partial charge in [0, 0.05) is 7.05 Å². The molecule has 0 spiro atoms. The first-order chi connectivity index (χ1) is 7.08. The van der Waals surface area contributed by atoms with E-state index in [9.17, 15) is 9.59 Å². The second kappa shape index (κ2) is 3.38. The van der Waals surface area contributed by atoms with E-state index >= 15 is 0 Å². The maximum Gasteiger partial charge on any atom is 0.256 e. The van der Waals surface area contributed by atoms with Gasteiger partial charge in [-0.25, -0.2) is 0 Å². The predicted molar refractivity (Wildman–Crippen MR) is 56.8 cm³/mol. The average molecular weight is 204 g/mol. The molecule has 0 unspecified atom stereocenters. The van der Waals surface area contributed by atoms with Crippen molar-refractivity contribution in [1.29, 1.82) is 0 Å². The van der Waals surface area contributed by atoms with Gasteiger partial charge >= 0.3 is 0 Å². The molecule has 0 atom stereocenters. The third kappa shape index (κ3) is 1.70. The highest BCUT2D eigenvalue weighted by atomic mass is 16.2. The SMILES string of the molecule is Cc1ccc2c(c1)C(=O)N(C)CC(=O)N2. The first-order valence-electron chi connectivity index (χ1n) is 4.74. The average Bonchev–Trinajstić information content (AvgIpc) is 2.27. The lowest BCUT2D eigenvalue weighted by atomic mass is 10.1. The van der Waals surface area contributed by atoms with Gasteiger partial charge in [-0.05, 0) is 19.1 Å². The normalized spacial score (nSPS) is 15.7. The minimum absolute atomic E-state index is 0.104. The Morgan fingerprint density at radius 3 is 2.80 bits per heavy atom. The van der Waals surface area contributed by atoms with Crippen LogP contribution in [0.2, 0.25) is 0 Å². The number of benzene rings is 1. The van der Waals surface area contributed by atoms with Gasteiger partial charge in [0.05, 0.1) is 17.8 Å². The summed E-state index contributed by atoms with van der Waals surface area (Å²) in [6.07, 6.45) is 0. The molecule has 1 N–H and O–H groups in total. The molecule has 1 heterocycles. The lowest BCUT2D eigenvalue weighted by molar-refractivity contribution is -0.116. The molecule has 4 heteroatoms. The zero-order valence-corrected chi connectivity index (χ0v) is 8.70. The van der Waals surface area contributed by atoms with E-state index in [1.807, 2.05) is 13.0 Å². The van der Waals surface area contributed by atoms with Crippen LogP contribution >= 0.6 is 0 Å². The van der Waals surface area contributed by atoms with Crippen molar-refractivity contribution in [2.45, 2.75) is 6.92 Å². The number of anilines is 1. The highest BCUT2D eigenvalue weighted by Crippen LogP contribution is 2.21. The summed E-state index contributed by atoms with van der Waals surface area (Å²) in [5.74, 6) is -0.277. The number of rotatable bonds is 0. The highest BCUT2D eigenvalue weighted by molar-refractivity contribution is 6.08. The number of fused-ring (bicyclic) bond motifs is 1. The smallest absolute Gasteiger partial charge is 0.256 e. The van der Waals surface area contributed by atoms with Gasteiger partial charge in [0.2, 0.25) is 5.91 Å². The predicted octanol–water partition coefficient (Wildman–Crippen LogP) is 1.02. The monoisotopic (exact) mass is 204 g/mol. The number of nitrogens with one attached hydrogen (secondary N) is 1. The van der Waals surface area contributed by atoms with Crippen LogP contribution in [-0.4, -0.2) is 30.3 Å². The summed E-state index contributed by atoms with van der Waals surface area (Å²) >= 11 is 0. The fourth-order valence-electron chi connectivity index (χ4n) is 1.63. The van der Waals surface area contributed by atoms with Crippen LogP contribution in [0, 0.1) is 6.92 Å². The second-order valence-electron chi connectivity index (χ2n) is 3.76. The van der Waals surface area contributed by atoms with E-state index in [0.717, 1.165) is 5.56 Å². The summed E-state index contributed by atoms with van der Waals surface area (Å²) < 4.78 is 0. The number of nitrogens with zero attached hydrogens (tertiary/aromatic N) is 1. The van der Waals surface area contributed by atoms with Crippen molar-refractivity contribution in [2.75, 3.05) is 18.9 Å². The fourth-order valence-corrected chi connectivity index (χ4v) is 1.63. The Bertz CT molecular complexity index is 440. The summed E-state index contributed by atoms with van der Waals surface area (Å²) in [6, 6.07) is 5.43. The van der Waals surface area contributed by atoms with Crippen LogP contribution in [-0.2, 0) is 4.79 Å². The van der Waals surface area contributed by atoms with Crippen LogP contribution in [0.15, 0.2) is 18.2 Å². The standard InChI is InChI=1S/C11H12N2O2/c1-7-3-4-9-8(5-7)11(15)13(2)6-10(14)12-9/h3-5H,6H2,1-2H3,(H,12,14). The van der Waals surface area contributed by atoms with Crippen molar-refractivity contribution in [2.24, 2.45) is 0 Å². The number of carbonyl (C=O) groups is 2. The Morgan fingerprint density at radius 2 is 2.07 bits per heavy atom. The van der Waals surface area contributed by atoms with Crippen molar-refractivity contribution >= 4 is 17.5 Å². The summed E-state index contributed by atoms with van der Waals surface area (Å²) in [4.78, 5) is 24.7. The van der Waals surface area contributed by atoms with Gasteiger partial charge in [0.1, 0.15) is 0 Å². The first kappa shape index (κ1) is 9.71. The van der Waals surface area contributed by atoms with Gasteiger partial charge in [-0.15, -0.1) is 0 Å². The Labute approximate surface area is 87.9 Å². The van der Waals surface area contributed by atoms with E-state index < -0.39 is 0 Å². The molecule has 0 aliphatic carbocycles. The lowest BCUT2D eigenvalue weighted by Gasteiger charge is -2.12. The molecule has 0 saturated carbocycles. The summed E-state index contributed by atoms with van der Waals surface area (Å²) in [7, 11) is 1.62. The zero-order valence-electron chi connectivity index (χ0n) is 8.70. The molecule has 0 radical (unpaired) electrons. The number of likely N-dealkylation sites (N-methyl/N-ethyl adjacent to an activating group) is 1. The van der Waals surface area contributed by atoms with E-state index in [1.54, 1.807) is 19.2 Å². The highest BCUT2D eigenvalue weighted by Gasteiger charge is 2.23. The van der Waals surface area contributed by atoms with Crippen molar-refractivity contribution in [1.82, 2.24) is 4.90 Å². The molecule has 4 nitrogen and oxygen atoms in total. The molecule has 0 aromatic heterocycles. The maximum atomic E-state index is 11.9. The topological polar surface area (TPSA) is 49.4 Å². The lowest BCUT2D eigenvalue weighted by Crippen LogP contribution is -2.31. The van der Waals surface area contributed by atoms with Gasteiger partial charge < -0.3 is 10.2 Å².